The van der Waals surface area contributed by atoms with E-state index in [1.54, 1.807) is 11.5 Å². The van der Waals surface area contributed by atoms with Crippen LogP contribution in [0.3, 0.4) is 0 Å². The van der Waals surface area contributed by atoms with Crippen LogP contribution in [0.4, 0.5) is 0 Å². The van der Waals surface area contributed by atoms with E-state index < -0.39 is 22.1 Å². The summed E-state index contributed by atoms with van der Waals surface area (Å²) in [5, 5.41) is 5.10. The maximum absolute atomic E-state index is 12.1. The van der Waals surface area contributed by atoms with Crippen molar-refractivity contribution in [3.8, 4) is 0 Å². The molecule has 0 aromatic carbocycles. The monoisotopic (exact) mass is 302 g/mol. The lowest BCUT2D eigenvalue weighted by atomic mass is 10.4. The molecule has 7 nitrogen and oxygen atoms in total. The van der Waals surface area contributed by atoms with E-state index in [1.165, 1.54) is 19.4 Å². The van der Waals surface area contributed by atoms with Crippen molar-refractivity contribution >= 4 is 16.0 Å². The third kappa shape index (κ3) is 3.38. The maximum atomic E-state index is 12.1. The van der Waals surface area contributed by atoms with E-state index in [0.717, 1.165) is 12.8 Å². The molecule has 1 saturated carbocycles. The van der Waals surface area contributed by atoms with Crippen molar-refractivity contribution in [2.45, 2.75) is 36.8 Å². The normalized spacial score (nSPS) is 16.9. The zero-order valence-electron chi connectivity index (χ0n) is 11.4. The number of aromatic nitrogens is 1. The highest BCUT2D eigenvalue weighted by Crippen LogP contribution is 2.37. The Hall–Kier alpha value is -1.38. The lowest BCUT2D eigenvalue weighted by Crippen LogP contribution is -2.21. The standard InChI is InChI=1S/C12H18N2O5S/c1-8(7-18-2)19-12(15)11-5-10(20(13,16)17)6-14(11)9-3-4-9/h5-6,8-9H,3-4,7H2,1-2H3,(H2,13,16,17). The van der Waals surface area contributed by atoms with Crippen LogP contribution in [0.25, 0.3) is 0 Å². The minimum Gasteiger partial charge on any atom is -0.456 e. The molecule has 1 atom stereocenters. The average Bonchev–Trinajstić information content (AvgIpc) is 3.06. The van der Waals surface area contributed by atoms with Crippen molar-refractivity contribution < 1.29 is 22.7 Å². The lowest BCUT2D eigenvalue weighted by Gasteiger charge is -2.13. The Balaban J connectivity index is 2.25. The fourth-order valence-corrected chi connectivity index (χ4v) is 2.48. The third-order valence-electron chi connectivity index (χ3n) is 3.01. The number of carbonyl (C=O) groups excluding carboxylic acids is 1. The zero-order valence-corrected chi connectivity index (χ0v) is 12.2. The molecule has 0 amide bonds. The van der Waals surface area contributed by atoms with E-state index >= 15 is 0 Å². The van der Waals surface area contributed by atoms with E-state index in [-0.39, 0.29) is 23.2 Å². The van der Waals surface area contributed by atoms with Crippen LogP contribution in [0.5, 0.6) is 0 Å². The summed E-state index contributed by atoms with van der Waals surface area (Å²) in [5.41, 5.74) is 0.208. The van der Waals surface area contributed by atoms with E-state index in [1.807, 2.05) is 0 Å². The number of rotatable bonds is 6. The predicted molar refractivity (Wildman–Crippen MR) is 70.8 cm³/mol. The zero-order chi connectivity index (χ0) is 14.9. The van der Waals surface area contributed by atoms with Crippen molar-refractivity contribution in [1.29, 1.82) is 0 Å². The van der Waals surface area contributed by atoms with Crippen LogP contribution in [-0.2, 0) is 19.5 Å². The number of hydrogen-bond acceptors (Lipinski definition) is 5. The number of carbonyl (C=O) groups is 1. The third-order valence-corrected chi connectivity index (χ3v) is 3.89. The van der Waals surface area contributed by atoms with Crippen LogP contribution in [0, 0.1) is 0 Å². The Morgan fingerprint density at radius 3 is 2.70 bits per heavy atom. The topological polar surface area (TPSA) is 101 Å². The van der Waals surface area contributed by atoms with Crippen molar-refractivity contribution in [2.75, 3.05) is 13.7 Å². The average molecular weight is 302 g/mol. The van der Waals surface area contributed by atoms with Gasteiger partial charge >= 0.3 is 5.97 Å². The molecular weight excluding hydrogens is 284 g/mol. The largest absolute Gasteiger partial charge is 0.456 e. The van der Waals surface area contributed by atoms with Crippen LogP contribution in [0.2, 0.25) is 0 Å². The second-order valence-electron chi connectivity index (χ2n) is 4.92. The Morgan fingerprint density at radius 2 is 2.20 bits per heavy atom. The smallest absolute Gasteiger partial charge is 0.355 e. The summed E-state index contributed by atoms with van der Waals surface area (Å²) in [6, 6.07) is 1.40. The fraction of sp³-hybridized carbons (Fsp3) is 0.583. The van der Waals surface area contributed by atoms with Gasteiger partial charge in [0.1, 0.15) is 16.7 Å². The molecule has 0 aliphatic heterocycles. The Labute approximate surface area is 117 Å². The molecule has 1 heterocycles. The van der Waals surface area contributed by atoms with Gasteiger partial charge in [-0.3, -0.25) is 0 Å². The number of sulfonamides is 1. The van der Waals surface area contributed by atoms with Crippen LogP contribution < -0.4 is 5.14 Å². The van der Waals surface area contributed by atoms with Crippen molar-refractivity contribution in [3.63, 3.8) is 0 Å². The minimum atomic E-state index is -3.84. The number of nitrogens with two attached hydrogens (primary N) is 1. The molecule has 1 unspecified atom stereocenters. The molecular formula is C12H18N2O5S. The van der Waals surface area contributed by atoms with Crippen molar-refractivity contribution in [3.05, 3.63) is 18.0 Å². The first-order valence-corrected chi connectivity index (χ1v) is 7.82. The van der Waals surface area contributed by atoms with Gasteiger partial charge in [0, 0.05) is 19.3 Å². The second kappa shape index (κ2) is 5.55. The molecule has 0 spiro atoms. The van der Waals surface area contributed by atoms with Crippen molar-refractivity contribution in [1.82, 2.24) is 4.57 Å². The van der Waals surface area contributed by atoms with E-state index in [0.29, 0.717) is 0 Å². The Morgan fingerprint density at radius 1 is 1.55 bits per heavy atom. The van der Waals surface area contributed by atoms with Crippen LogP contribution in [0.15, 0.2) is 17.2 Å². The highest BCUT2D eigenvalue weighted by atomic mass is 32.2. The van der Waals surface area contributed by atoms with E-state index in [9.17, 15) is 13.2 Å². The number of primary sulfonamides is 1. The molecule has 1 aliphatic carbocycles. The molecule has 20 heavy (non-hydrogen) atoms. The Kier molecular flexibility index (Phi) is 4.17. The van der Waals surface area contributed by atoms with Gasteiger partial charge in [0.15, 0.2) is 0 Å². The van der Waals surface area contributed by atoms with Gasteiger partial charge < -0.3 is 14.0 Å². The van der Waals surface area contributed by atoms with Crippen LogP contribution >= 0.6 is 0 Å². The van der Waals surface area contributed by atoms with Crippen LogP contribution in [0.1, 0.15) is 36.3 Å². The molecule has 0 bridgehead atoms. The first-order chi connectivity index (χ1) is 9.32. The number of nitrogens with zero attached hydrogens (tertiary/aromatic N) is 1. The minimum absolute atomic E-state index is 0.0734. The maximum Gasteiger partial charge on any atom is 0.355 e. The molecule has 1 aromatic rings. The lowest BCUT2D eigenvalue weighted by molar-refractivity contribution is 0.0109. The van der Waals surface area contributed by atoms with Gasteiger partial charge in [-0.2, -0.15) is 0 Å². The molecule has 1 fully saturated rings. The SMILES string of the molecule is COCC(C)OC(=O)c1cc(S(N)(=O)=O)cn1C1CC1. The first-order valence-electron chi connectivity index (χ1n) is 6.27. The molecule has 1 aromatic heterocycles. The van der Waals surface area contributed by atoms with Gasteiger partial charge in [-0.25, -0.2) is 18.4 Å². The van der Waals surface area contributed by atoms with Crippen molar-refractivity contribution in [2.24, 2.45) is 5.14 Å². The molecule has 8 heteroatoms. The molecule has 0 radical (unpaired) electrons. The van der Waals surface area contributed by atoms with E-state index in [2.05, 4.69) is 0 Å². The number of hydrogen-bond donors (Lipinski definition) is 1. The van der Waals surface area contributed by atoms with Gasteiger partial charge in [0.05, 0.1) is 6.61 Å². The summed E-state index contributed by atoms with van der Waals surface area (Å²) < 4.78 is 34.5. The van der Waals surface area contributed by atoms with Gasteiger partial charge in [0.2, 0.25) is 10.0 Å². The summed E-state index contributed by atoms with van der Waals surface area (Å²) in [7, 11) is -2.33. The molecule has 112 valence electrons. The van der Waals surface area contributed by atoms with Crippen LogP contribution in [-0.4, -0.2) is 38.8 Å². The fourth-order valence-electron chi connectivity index (χ4n) is 1.94. The summed E-state index contributed by atoms with van der Waals surface area (Å²) in [6.45, 7) is 1.98. The molecule has 2 rings (SSSR count). The number of methoxy groups -OCH3 is 1. The van der Waals surface area contributed by atoms with Gasteiger partial charge in [-0.05, 0) is 25.8 Å². The Bertz CT molecular complexity index is 603. The molecule has 0 saturated heterocycles. The number of esters is 1. The summed E-state index contributed by atoms with van der Waals surface area (Å²) >= 11 is 0. The van der Waals surface area contributed by atoms with Gasteiger partial charge in [-0.15, -0.1) is 0 Å². The molecule has 1 aliphatic rings. The quantitative estimate of drug-likeness (QED) is 0.778. The summed E-state index contributed by atoms with van der Waals surface area (Å²) in [6.07, 6.45) is 2.80. The van der Waals surface area contributed by atoms with Gasteiger partial charge in [0.25, 0.3) is 0 Å². The van der Waals surface area contributed by atoms with Gasteiger partial charge in [-0.1, -0.05) is 0 Å². The highest BCUT2D eigenvalue weighted by Gasteiger charge is 2.30. The number of ether oxygens (including phenoxy) is 2. The highest BCUT2D eigenvalue weighted by molar-refractivity contribution is 7.89. The predicted octanol–water partition coefficient (Wildman–Crippen LogP) is 0.662. The first kappa shape index (κ1) is 15.0. The summed E-state index contributed by atoms with van der Waals surface area (Å²) in [5.74, 6) is -0.573. The second-order valence-corrected chi connectivity index (χ2v) is 6.48. The summed E-state index contributed by atoms with van der Waals surface area (Å²) in [4.78, 5) is 12.0. The van der Waals surface area contributed by atoms with E-state index in [4.69, 9.17) is 14.6 Å². The molecule has 2 N–H and O–H groups in total.